The van der Waals surface area contributed by atoms with E-state index in [1.807, 2.05) is 6.07 Å². The quantitative estimate of drug-likeness (QED) is 0.282. The first-order valence-electron chi connectivity index (χ1n) is 14.5. The Morgan fingerprint density at radius 2 is 1.81 bits per heavy atom. The second-order valence-electron chi connectivity index (χ2n) is 11.4. The van der Waals surface area contributed by atoms with E-state index in [2.05, 4.69) is 15.6 Å². The van der Waals surface area contributed by atoms with Crippen molar-refractivity contribution < 1.29 is 36.7 Å². The maximum Gasteiger partial charge on any atom is 0.326 e. The van der Waals surface area contributed by atoms with E-state index in [0.29, 0.717) is 11.3 Å². The Bertz CT molecular complexity index is 1870. The Morgan fingerprint density at radius 1 is 1.12 bits per heavy atom. The van der Waals surface area contributed by atoms with Crippen LogP contribution in [0.4, 0.5) is 14.5 Å². The fourth-order valence-electron chi connectivity index (χ4n) is 5.74. The van der Waals surface area contributed by atoms with Crippen molar-refractivity contribution >= 4 is 56.7 Å². The van der Waals surface area contributed by atoms with Gasteiger partial charge in [-0.2, -0.15) is 9.57 Å². The van der Waals surface area contributed by atoms with Gasteiger partial charge in [-0.1, -0.05) is 41.4 Å². The molecule has 2 saturated heterocycles. The molecule has 3 aromatic rings. The lowest BCUT2D eigenvalue weighted by molar-refractivity contribution is -0.142. The molecule has 3 atom stereocenters. The summed E-state index contributed by atoms with van der Waals surface area (Å²) in [6.45, 7) is -0.880. The van der Waals surface area contributed by atoms with Gasteiger partial charge in [0.05, 0.1) is 38.7 Å². The van der Waals surface area contributed by atoms with E-state index >= 15 is 0 Å². The maximum atomic E-state index is 14.1. The third kappa shape index (κ3) is 7.74. The van der Waals surface area contributed by atoms with E-state index in [4.69, 9.17) is 23.2 Å². The molecule has 252 valence electrons. The Hall–Kier alpha value is -4.20. The molecule has 2 amide bonds. The third-order valence-electron chi connectivity index (χ3n) is 8.17. The lowest BCUT2D eigenvalue weighted by atomic mass is 10.0. The van der Waals surface area contributed by atoms with E-state index in [9.17, 15) is 42.0 Å². The highest BCUT2D eigenvalue weighted by atomic mass is 35.5. The molecule has 2 aliphatic heterocycles. The molecule has 0 bridgehead atoms. The SMILES string of the molecule is N#Cc1cccc(S(=O)(=O)N2CC(N3CCC(F)(F)C3)CC2C(=O)N[C@@H](Cc2ccc(NC(=O)c3c(Cl)cncc3Cl)cc2)C(=O)O)c1. The Kier molecular flexibility index (Phi) is 10.3. The molecule has 17 heteroatoms. The van der Waals surface area contributed by atoms with Gasteiger partial charge in [0.15, 0.2) is 0 Å². The van der Waals surface area contributed by atoms with Gasteiger partial charge in [-0.05, 0) is 42.3 Å². The summed E-state index contributed by atoms with van der Waals surface area (Å²) in [4.78, 5) is 43.5. The molecule has 3 N–H and O–H groups in total. The number of carbonyl (C=O) groups excluding carboxylic acids is 2. The number of carboxylic acids is 1. The topological polar surface area (TPSA) is 173 Å². The summed E-state index contributed by atoms with van der Waals surface area (Å²) < 4.78 is 56.5. The number of likely N-dealkylation sites (tertiary alicyclic amines) is 1. The fraction of sp³-hybridized carbons (Fsp3) is 0.323. The smallest absolute Gasteiger partial charge is 0.326 e. The van der Waals surface area contributed by atoms with Crippen LogP contribution in [0, 0.1) is 11.3 Å². The first-order valence-corrected chi connectivity index (χ1v) is 16.7. The fourth-order valence-corrected chi connectivity index (χ4v) is 7.96. The molecular weight excluding hydrogens is 693 g/mol. The van der Waals surface area contributed by atoms with Crippen LogP contribution in [0.2, 0.25) is 10.0 Å². The average molecular weight is 722 g/mol. The maximum absolute atomic E-state index is 14.1. The number of nitrogens with one attached hydrogen (secondary N) is 2. The number of rotatable bonds is 10. The standard InChI is InChI=1S/C31H28Cl2F2N6O6S/c32-23-14-37-15-24(33)27(23)29(43)38-20-6-4-18(5-7-20)11-25(30(44)45)39-28(42)26-12-21(40-9-8-31(34,35)17-40)16-41(26)48(46,47)22-3-1-2-19(10-22)13-36/h1-7,10,14-15,21,25-26H,8-9,11-12,16-17H2,(H,38,43)(H,39,42)(H,44,45)/t21?,25-,26?/m0/s1. The highest BCUT2D eigenvalue weighted by molar-refractivity contribution is 7.89. The number of halogens is 4. The predicted molar refractivity (Wildman–Crippen MR) is 170 cm³/mol. The number of nitrogens with zero attached hydrogens (tertiary/aromatic N) is 4. The Morgan fingerprint density at radius 3 is 2.42 bits per heavy atom. The third-order valence-corrected chi connectivity index (χ3v) is 10.6. The van der Waals surface area contributed by atoms with E-state index in [0.717, 1.165) is 10.4 Å². The van der Waals surface area contributed by atoms with Gasteiger partial charge < -0.3 is 15.7 Å². The van der Waals surface area contributed by atoms with Crippen LogP contribution in [0.15, 0.2) is 65.8 Å². The lowest BCUT2D eigenvalue weighted by Gasteiger charge is -2.25. The molecule has 1 aromatic heterocycles. The summed E-state index contributed by atoms with van der Waals surface area (Å²) in [5, 5.41) is 24.4. The highest BCUT2D eigenvalue weighted by Crippen LogP contribution is 2.35. The van der Waals surface area contributed by atoms with Crippen molar-refractivity contribution in [3.8, 4) is 6.07 Å². The summed E-state index contributed by atoms with van der Waals surface area (Å²) in [5.41, 5.74) is 0.887. The van der Waals surface area contributed by atoms with Crippen molar-refractivity contribution in [3.05, 3.63) is 87.7 Å². The summed E-state index contributed by atoms with van der Waals surface area (Å²) >= 11 is 12.1. The number of aromatic nitrogens is 1. The Balaban J connectivity index is 1.32. The van der Waals surface area contributed by atoms with Crippen LogP contribution in [-0.2, 0) is 26.0 Å². The number of nitriles is 1. The number of aliphatic carboxylic acids is 1. The second kappa shape index (κ2) is 14.1. The van der Waals surface area contributed by atoms with Crippen LogP contribution < -0.4 is 10.6 Å². The highest BCUT2D eigenvalue weighted by Gasteiger charge is 2.49. The largest absolute Gasteiger partial charge is 0.480 e. The average Bonchev–Trinajstić information content (AvgIpc) is 3.65. The molecule has 5 rings (SSSR count). The number of carbonyl (C=O) groups is 3. The molecule has 12 nitrogen and oxygen atoms in total. The first-order chi connectivity index (χ1) is 22.7. The van der Waals surface area contributed by atoms with Gasteiger partial charge in [-0.15, -0.1) is 0 Å². The number of benzene rings is 2. The summed E-state index contributed by atoms with van der Waals surface area (Å²) in [6.07, 6.45) is 1.77. The van der Waals surface area contributed by atoms with Crippen LogP contribution in [0.25, 0.3) is 0 Å². The van der Waals surface area contributed by atoms with Gasteiger partial charge in [0.1, 0.15) is 12.1 Å². The number of alkyl halides is 2. The zero-order valence-corrected chi connectivity index (χ0v) is 27.3. The zero-order chi connectivity index (χ0) is 34.8. The van der Waals surface area contributed by atoms with Crippen LogP contribution in [0.3, 0.4) is 0 Å². The molecule has 48 heavy (non-hydrogen) atoms. The minimum atomic E-state index is -4.41. The molecule has 0 radical (unpaired) electrons. The first kappa shape index (κ1) is 35.1. The molecule has 2 aliphatic rings. The second-order valence-corrected chi connectivity index (χ2v) is 14.1. The normalized spacial score (nSPS) is 20.1. The van der Waals surface area contributed by atoms with Crippen molar-refractivity contribution in [2.75, 3.05) is 25.0 Å². The molecule has 0 spiro atoms. The molecule has 2 fully saturated rings. The molecule has 2 unspecified atom stereocenters. The molecule has 0 saturated carbocycles. The van der Waals surface area contributed by atoms with Crippen LogP contribution in [0.1, 0.15) is 34.3 Å². The number of carboxylic acid groups (broad SMARTS) is 1. The van der Waals surface area contributed by atoms with Crippen LogP contribution in [0.5, 0.6) is 0 Å². The van der Waals surface area contributed by atoms with Crippen molar-refractivity contribution in [2.45, 2.75) is 48.2 Å². The van der Waals surface area contributed by atoms with Gasteiger partial charge in [0.2, 0.25) is 15.9 Å². The summed E-state index contributed by atoms with van der Waals surface area (Å²) in [7, 11) is -4.41. The lowest BCUT2D eigenvalue weighted by Crippen LogP contribution is -2.51. The van der Waals surface area contributed by atoms with E-state index in [-0.39, 0.29) is 52.0 Å². The van der Waals surface area contributed by atoms with E-state index in [1.165, 1.54) is 59.8 Å². The minimum absolute atomic E-state index is 0.000641. The van der Waals surface area contributed by atoms with Crippen LogP contribution >= 0.6 is 23.2 Å². The number of hydrogen-bond donors (Lipinski definition) is 3. The monoisotopic (exact) mass is 720 g/mol. The van der Waals surface area contributed by atoms with Crippen LogP contribution in [-0.4, -0.2) is 89.2 Å². The van der Waals surface area contributed by atoms with Gasteiger partial charge >= 0.3 is 5.97 Å². The van der Waals surface area contributed by atoms with Gasteiger partial charge in [-0.25, -0.2) is 22.0 Å². The number of pyridine rings is 1. The molecule has 2 aromatic carbocycles. The predicted octanol–water partition coefficient (Wildman–Crippen LogP) is 3.80. The molecule has 0 aliphatic carbocycles. The van der Waals surface area contributed by atoms with Gasteiger partial charge in [0, 0.05) is 50.1 Å². The number of hydrogen-bond acceptors (Lipinski definition) is 8. The summed E-state index contributed by atoms with van der Waals surface area (Å²) in [6, 6.07) is 9.50. The van der Waals surface area contributed by atoms with Crippen molar-refractivity contribution in [3.63, 3.8) is 0 Å². The molecule has 3 heterocycles. The number of amides is 2. The zero-order valence-electron chi connectivity index (χ0n) is 24.9. The van der Waals surface area contributed by atoms with Gasteiger partial charge in [0.25, 0.3) is 11.8 Å². The Labute approximate surface area is 284 Å². The van der Waals surface area contributed by atoms with Crippen molar-refractivity contribution in [2.24, 2.45) is 0 Å². The molecular formula is C31H28Cl2F2N6O6S. The van der Waals surface area contributed by atoms with E-state index < -0.39 is 64.8 Å². The van der Waals surface area contributed by atoms with Gasteiger partial charge in [-0.3, -0.25) is 19.5 Å². The summed E-state index contributed by atoms with van der Waals surface area (Å²) in [5.74, 6) is -5.86. The van der Waals surface area contributed by atoms with Crippen molar-refractivity contribution in [1.29, 1.82) is 5.26 Å². The number of sulfonamides is 1. The van der Waals surface area contributed by atoms with Crippen molar-refractivity contribution in [1.82, 2.24) is 19.5 Å². The van der Waals surface area contributed by atoms with E-state index in [1.54, 1.807) is 0 Å². The minimum Gasteiger partial charge on any atom is -0.480 e. The number of anilines is 1.